The zero-order chi connectivity index (χ0) is 20.0. The number of aryl methyl sites for hydroxylation is 1. The fraction of sp³-hybridized carbons (Fsp3) is 0.409. The number of nitrogens with one attached hydrogen (secondary N) is 1. The van der Waals surface area contributed by atoms with Gasteiger partial charge in [-0.25, -0.2) is 0 Å². The van der Waals surface area contributed by atoms with E-state index in [9.17, 15) is 4.79 Å². The van der Waals surface area contributed by atoms with Crippen molar-refractivity contribution in [2.24, 2.45) is 0 Å². The number of para-hydroxylation sites is 1. The Balaban J connectivity index is 1.81. The van der Waals surface area contributed by atoms with Crippen molar-refractivity contribution in [3.8, 4) is 11.5 Å². The molecule has 0 aliphatic heterocycles. The summed E-state index contributed by atoms with van der Waals surface area (Å²) in [6, 6.07) is 13.7. The average Bonchev–Trinajstić information content (AvgIpc) is 2.59. The Labute approximate surface area is 170 Å². The van der Waals surface area contributed by atoms with Crippen LogP contribution >= 0.6 is 15.9 Å². The van der Waals surface area contributed by atoms with E-state index in [4.69, 9.17) is 9.47 Å². The van der Waals surface area contributed by atoms with Crippen molar-refractivity contribution >= 4 is 21.8 Å². The van der Waals surface area contributed by atoms with E-state index in [0.717, 1.165) is 15.8 Å². The fourth-order valence-corrected chi connectivity index (χ4v) is 3.01. The van der Waals surface area contributed by atoms with Gasteiger partial charge in [0.15, 0.2) is 6.61 Å². The van der Waals surface area contributed by atoms with Crippen LogP contribution in [0, 0.1) is 6.92 Å². The highest BCUT2D eigenvalue weighted by Crippen LogP contribution is 2.31. The zero-order valence-electron chi connectivity index (χ0n) is 16.6. The summed E-state index contributed by atoms with van der Waals surface area (Å²) in [6.45, 7) is 10.7. The first-order valence-corrected chi connectivity index (χ1v) is 9.86. The molecule has 1 amide bonds. The molecular formula is C22H28BrNO3. The molecule has 146 valence electrons. The molecule has 0 aromatic heterocycles. The predicted molar refractivity (Wildman–Crippen MR) is 113 cm³/mol. The van der Waals surface area contributed by atoms with E-state index in [1.165, 1.54) is 5.56 Å². The molecule has 2 aromatic rings. The molecule has 2 rings (SSSR count). The monoisotopic (exact) mass is 433 g/mol. The summed E-state index contributed by atoms with van der Waals surface area (Å²) in [5.41, 5.74) is 2.33. The van der Waals surface area contributed by atoms with Crippen molar-refractivity contribution in [1.82, 2.24) is 5.32 Å². The van der Waals surface area contributed by atoms with Gasteiger partial charge in [-0.05, 0) is 64.5 Å². The Hall–Kier alpha value is -2.01. The first-order chi connectivity index (χ1) is 12.7. The van der Waals surface area contributed by atoms with E-state index in [0.29, 0.717) is 12.4 Å². The molecule has 0 saturated heterocycles. The van der Waals surface area contributed by atoms with E-state index in [2.05, 4.69) is 42.0 Å². The number of ether oxygens (including phenoxy) is 2. The Morgan fingerprint density at radius 2 is 1.81 bits per heavy atom. The van der Waals surface area contributed by atoms with Crippen LogP contribution in [0.5, 0.6) is 11.5 Å². The second-order valence-corrected chi connectivity index (χ2v) is 8.58. The number of halogens is 1. The summed E-state index contributed by atoms with van der Waals surface area (Å²) in [4.78, 5) is 12.1. The standard InChI is InChI=1S/C22H28BrNO3/c1-15-8-6-7-9-19(15)26-13-16(2)24-21(25)14-27-20-11-10-17(12-18(20)23)22(3,4)5/h6-12,16H,13-14H2,1-5H3,(H,24,25)/t16-/m0/s1. The van der Waals surface area contributed by atoms with Crippen LogP contribution in [0.4, 0.5) is 0 Å². The van der Waals surface area contributed by atoms with Crippen LogP contribution < -0.4 is 14.8 Å². The third-order valence-corrected chi connectivity index (χ3v) is 4.77. The molecule has 1 atom stereocenters. The summed E-state index contributed by atoms with van der Waals surface area (Å²) in [7, 11) is 0. The summed E-state index contributed by atoms with van der Waals surface area (Å²) < 4.78 is 12.3. The van der Waals surface area contributed by atoms with Gasteiger partial charge >= 0.3 is 0 Å². The van der Waals surface area contributed by atoms with Gasteiger partial charge in [-0.15, -0.1) is 0 Å². The highest BCUT2D eigenvalue weighted by Gasteiger charge is 2.16. The Kier molecular flexibility index (Phi) is 7.31. The van der Waals surface area contributed by atoms with Crippen molar-refractivity contribution in [2.75, 3.05) is 13.2 Å². The van der Waals surface area contributed by atoms with Gasteiger partial charge < -0.3 is 14.8 Å². The number of hydrogen-bond donors (Lipinski definition) is 1. The van der Waals surface area contributed by atoms with Gasteiger partial charge in [0.2, 0.25) is 0 Å². The summed E-state index contributed by atoms with van der Waals surface area (Å²) in [5, 5.41) is 2.89. The molecule has 0 spiro atoms. The van der Waals surface area contributed by atoms with Crippen molar-refractivity contribution in [3.05, 3.63) is 58.1 Å². The Morgan fingerprint density at radius 3 is 2.44 bits per heavy atom. The fourth-order valence-electron chi connectivity index (χ4n) is 2.52. The van der Waals surface area contributed by atoms with E-state index >= 15 is 0 Å². The maximum Gasteiger partial charge on any atom is 0.258 e. The molecular weight excluding hydrogens is 406 g/mol. The molecule has 27 heavy (non-hydrogen) atoms. The molecule has 2 aromatic carbocycles. The van der Waals surface area contributed by atoms with Crippen molar-refractivity contribution in [1.29, 1.82) is 0 Å². The van der Waals surface area contributed by atoms with Crippen LogP contribution in [0.25, 0.3) is 0 Å². The SMILES string of the molecule is Cc1ccccc1OC[C@H](C)NC(=O)COc1ccc(C(C)(C)C)cc1Br. The number of benzene rings is 2. The van der Waals surface area contributed by atoms with Crippen LogP contribution in [0.1, 0.15) is 38.8 Å². The van der Waals surface area contributed by atoms with Gasteiger partial charge in [0.05, 0.1) is 10.5 Å². The largest absolute Gasteiger partial charge is 0.491 e. The first kappa shape index (κ1) is 21.3. The Bertz CT molecular complexity index is 783. The van der Waals surface area contributed by atoms with Crippen molar-refractivity contribution in [2.45, 2.75) is 46.1 Å². The van der Waals surface area contributed by atoms with Gasteiger partial charge in [-0.2, -0.15) is 0 Å². The van der Waals surface area contributed by atoms with Crippen LogP contribution in [0.15, 0.2) is 46.9 Å². The predicted octanol–water partition coefficient (Wildman–Crippen LogP) is 5.02. The van der Waals surface area contributed by atoms with E-state index in [1.807, 2.05) is 56.3 Å². The van der Waals surface area contributed by atoms with Gasteiger partial charge in [0.1, 0.15) is 18.1 Å². The quantitative estimate of drug-likeness (QED) is 0.666. The molecule has 0 heterocycles. The number of carbonyl (C=O) groups is 1. The second kappa shape index (κ2) is 9.27. The first-order valence-electron chi connectivity index (χ1n) is 9.07. The lowest BCUT2D eigenvalue weighted by atomic mass is 9.87. The van der Waals surface area contributed by atoms with Crippen LogP contribution in [0.2, 0.25) is 0 Å². The average molecular weight is 434 g/mol. The molecule has 4 nitrogen and oxygen atoms in total. The van der Waals surface area contributed by atoms with Crippen molar-refractivity contribution in [3.63, 3.8) is 0 Å². The smallest absolute Gasteiger partial charge is 0.258 e. The lowest BCUT2D eigenvalue weighted by Crippen LogP contribution is -2.39. The van der Waals surface area contributed by atoms with E-state index in [-0.39, 0.29) is 24.0 Å². The molecule has 0 saturated carbocycles. The zero-order valence-corrected chi connectivity index (χ0v) is 18.2. The normalized spacial score (nSPS) is 12.4. The Morgan fingerprint density at radius 1 is 1.11 bits per heavy atom. The van der Waals surface area contributed by atoms with Gasteiger partial charge in [-0.3, -0.25) is 4.79 Å². The van der Waals surface area contributed by atoms with Gasteiger partial charge in [0, 0.05) is 0 Å². The van der Waals surface area contributed by atoms with Crippen LogP contribution in [0.3, 0.4) is 0 Å². The van der Waals surface area contributed by atoms with Crippen LogP contribution in [-0.2, 0) is 10.2 Å². The lowest BCUT2D eigenvalue weighted by Gasteiger charge is -2.20. The minimum atomic E-state index is -0.178. The van der Waals surface area contributed by atoms with Crippen molar-refractivity contribution < 1.29 is 14.3 Å². The molecule has 1 N–H and O–H groups in total. The molecule has 0 unspecified atom stereocenters. The summed E-state index contributed by atoms with van der Waals surface area (Å²) in [5.74, 6) is 1.31. The molecule has 0 aliphatic rings. The second-order valence-electron chi connectivity index (χ2n) is 7.73. The van der Waals surface area contributed by atoms with E-state index < -0.39 is 0 Å². The third kappa shape index (κ3) is 6.58. The number of carbonyl (C=O) groups excluding carboxylic acids is 1. The third-order valence-electron chi connectivity index (χ3n) is 4.15. The highest BCUT2D eigenvalue weighted by molar-refractivity contribution is 9.10. The molecule has 0 aliphatic carbocycles. The lowest BCUT2D eigenvalue weighted by molar-refractivity contribution is -0.123. The summed E-state index contributed by atoms with van der Waals surface area (Å²) in [6.07, 6.45) is 0. The topological polar surface area (TPSA) is 47.6 Å². The molecule has 0 fully saturated rings. The summed E-state index contributed by atoms with van der Waals surface area (Å²) >= 11 is 3.52. The van der Waals surface area contributed by atoms with Crippen LogP contribution in [-0.4, -0.2) is 25.2 Å². The molecule has 5 heteroatoms. The minimum Gasteiger partial charge on any atom is -0.491 e. The number of hydrogen-bond acceptors (Lipinski definition) is 3. The maximum atomic E-state index is 12.1. The maximum absolute atomic E-state index is 12.1. The van der Waals surface area contributed by atoms with Gasteiger partial charge in [0.25, 0.3) is 5.91 Å². The number of amides is 1. The van der Waals surface area contributed by atoms with E-state index in [1.54, 1.807) is 0 Å². The minimum absolute atomic E-state index is 0.0395. The van der Waals surface area contributed by atoms with Gasteiger partial charge in [-0.1, -0.05) is 45.0 Å². The molecule has 0 radical (unpaired) electrons. The highest BCUT2D eigenvalue weighted by atomic mass is 79.9. The molecule has 0 bridgehead atoms. The number of rotatable bonds is 7.